The van der Waals surface area contributed by atoms with Crippen molar-refractivity contribution in [2.24, 2.45) is 0 Å². The standard InChI is InChI=1S/C19H22N2O2S/c1-13(15-6-5-7-17(10-15)22-4)21(3)11-18-14(2)23-19(20-18)16-8-9-24-12-16/h5-10,12-13H,11H2,1-4H3/t13-/m0/s1. The van der Waals surface area contributed by atoms with Gasteiger partial charge in [-0.3, -0.25) is 4.90 Å². The van der Waals surface area contributed by atoms with Crippen LogP contribution in [0.1, 0.15) is 30.0 Å². The Morgan fingerprint density at radius 2 is 2.17 bits per heavy atom. The molecule has 3 rings (SSSR count). The number of aryl methyl sites for hydroxylation is 1. The molecule has 126 valence electrons. The fourth-order valence-corrected chi connectivity index (χ4v) is 3.24. The van der Waals surface area contributed by atoms with Gasteiger partial charge in [0.1, 0.15) is 11.5 Å². The van der Waals surface area contributed by atoms with Crippen LogP contribution in [0.4, 0.5) is 0 Å². The molecule has 5 heteroatoms. The van der Waals surface area contributed by atoms with Crippen LogP contribution in [-0.2, 0) is 6.54 Å². The first-order valence-corrected chi connectivity index (χ1v) is 8.86. The number of nitrogens with zero attached hydrogens (tertiary/aromatic N) is 2. The molecule has 0 bridgehead atoms. The molecule has 4 nitrogen and oxygen atoms in total. The summed E-state index contributed by atoms with van der Waals surface area (Å²) in [7, 11) is 3.79. The highest BCUT2D eigenvalue weighted by Gasteiger charge is 2.17. The van der Waals surface area contributed by atoms with Crippen LogP contribution in [0.25, 0.3) is 11.5 Å². The minimum absolute atomic E-state index is 0.251. The van der Waals surface area contributed by atoms with Crippen molar-refractivity contribution in [1.82, 2.24) is 9.88 Å². The summed E-state index contributed by atoms with van der Waals surface area (Å²) in [5, 5.41) is 4.09. The molecule has 0 amide bonds. The topological polar surface area (TPSA) is 38.5 Å². The average Bonchev–Trinajstić information content (AvgIpc) is 3.24. The van der Waals surface area contributed by atoms with Crippen molar-refractivity contribution in [3.63, 3.8) is 0 Å². The summed E-state index contributed by atoms with van der Waals surface area (Å²) in [6.07, 6.45) is 0. The largest absolute Gasteiger partial charge is 0.497 e. The number of thiophene rings is 1. The van der Waals surface area contributed by atoms with Gasteiger partial charge in [-0.2, -0.15) is 11.3 Å². The van der Waals surface area contributed by atoms with E-state index in [-0.39, 0.29) is 6.04 Å². The lowest BCUT2D eigenvalue weighted by Crippen LogP contribution is -2.22. The quantitative estimate of drug-likeness (QED) is 0.638. The van der Waals surface area contributed by atoms with Gasteiger partial charge in [0.15, 0.2) is 0 Å². The van der Waals surface area contributed by atoms with Crippen LogP contribution in [0.5, 0.6) is 5.75 Å². The molecule has 0 aliphatic carbocycles. The first kappa shape index (κ1) is 16.7. The number of methoxy groups -OCH3 is 1. The van der Waals surface area contributed by atoms with Crippen LogP contribution >= 0.6 is 11.3 Å². The molecule has 0 aliphatic heterocycles. The summed E-state index contributed by atoms with van der Waals surface area (Å²) in [6, 6.07) is 10.5. The van der Waals surface area contributed by atoms with Gasteiger partial charge in [0.05, 0.1) is 12.8 Å². The molecular formula is C19H22N2O2S. The highest BCUT2D eigenvalue weighted by molar-refractivity contribution is 7.08. The maximum Gasteiger partial charge on any atom is 0.227 e. The normalized spacial score (nSPS) is 12.5. The van der Waals surface area contributed by atoms with E-state index in [9.17, 15) is 0 Å². The number of oxazole rings is 1. The molecule has 1 atom stereocenters. The second-order valence-corrected chi connectivity index (χ2v) is 6.68. The molecule has 0 aliphatic rings. The van der Waals surface area contributed by atoms with Crippen LogP contribution in [-0.4, -0.2) is 24.0 Å². The zero-order valence-electron chi connectivity index (χ0n) is 14.4. The molecule has 2 heterocycles. The van der Waals surface area contributed by atoms with E-state index in [1.54, 1.807) is 18.4 Å². The van der Waals surface area contributed by atoms with Crippen molar-refractivity contribution in [2.45, 2.75) is 26.4 Å². The Kier molecular flexibility index (Phi) is 5.02. The predicted molar refractivity (Wildman–Crippen MR) is 97.4 cm³/mol. The van der Waals surface area contributed by atoms with E-state index in [0.717, 1.165) is 29.3 Å². The lowest BCUT2D eigenvalue weighted by molar-refractivity contribution is 0.248. The fraction of sp³-hybridized carbons (Fsp3) is 0.316. The average molecular weight is 342 g/mol. The summed E-state index contributed by atoms with van der Waals surface area (Å²) in [5.74, 6) is 2.46. The van der Waals surface area contributed by atoms with E-state index in [4.69, 9.17) is 9.15 Å². The summed E-state index contributed by atoms with van der Waals surface area (Å²) >= 11 is 1.65. The van der Waals surface area contributed by atoms with Crippen LogP contribution in [0.2, 0.25) is 0 Å². The lowest BCUT2D eigenvalue weighted by atomic mass is 10.1. The summed E-state index contributed by atoms with van der Waals surface area (Å²) in [4.78, 5) is 6.94. The molecule has 0 radical (unpaired) electrons. The van der Waals surface area contributed by atoms with Gasteiger partial charge in [0, 0.05) is 23.5 Å². The summed E-state index contributed by atoms with van der Waals surface area (Å²) in [5.41, 5.74) is 3.24. The van der Waals surface area contributed by atoms with E-state index in [1.165, 1.54) is 5.56 Å². The number of hydrogen-bond donors (Lipinski definition) is 0. The van der Waals surface area contributed by atoms with Crippen molar-refractivity contribution >= 4 is 11.3 Å². The second-order valence-electron chi connectivity index (χ2n) is 5.90. The third-order valence-corrected chi connectivity index (χ3v) is 4.98. The molecule has 1 aromatic carbocycles. The Morgan fingerprint density at radius 1 is 1.33 bits per heavy atom. The molecule has 0 spiro atoms. The molecule has 0 saturated carbocycles. The first-order chi connectivity index (χ1) is 11.6. The summed E-state index contributed by atoms with van der Waals surface area (Å²) in [6.45, 7) is 4.89. The van der Waals surface area contributed by atoms with Crippen LogP contribution in [0, 0.1) is 6.92 Å². The van der Waals surface area contributed by atoms with Crippen LogP contribution in [0.15, 0.2) is 45.5 Å². The number of hydrogen-bond acceptors (Lipinski definition) is 5. The Morgan fingerprint density at radius 3 is 2.88 bits per heavy atom. The van der Waals surface area contributed by atoms with Gasteiger partial charge in [-0.25, -0.2) is 4.98 Å². The van der Waals surface area contributed by atoms with Crippen molar-refractivity contribution in [1.29, 1.82) is 0 Å². The molecule has 0 fully saturated rings. The highest BCUT2D eigenvalue weighted by Crippen LogP contribution is 2.27. The molecule has 0 N–H and O–H groups in total. The molecule has 3 aromatic rings. The molecule has 24 heavy (non-hydrogen) atoms. The van der Waals surface area contributed by atoms with Gasteiger partial charge in [-0.15, -0.1) is 0 Å². The van der Waals surface area contributed by atoms with Crippen LogP contribution < -0.4 is 4.74 Å². The third kappa shape index (κ3) is 3.52. The van der Waals surface area contributed by atoms with Crippen molar-refractivity contribution in [3.05, 3.63) is 58.1 Å². The molecule has 0 saturated heterocycles. The molecule has 2 aromatic heterocycles. The van der Waals surface area contributed by atoms with E-state index in [1.807, 2.05) is 30.5 Å². The zero-order valence-corrected chi connectivity index (χ0v) is 15.3. The van der Waals surface area contributed by atoms with Crippen molar-refractivity contribution in [2.75, 3.05) is 14.2 Å². The van der Waals surface area contributed by atoms with E-state index in [2.05, 4.69) is 41.4 Å². The maximum absolute atomic E-state index is 5.83. The number of benzene rings is 1. The fourth-order valence-electron chi connectivity index (χ4n) is 2.61. The van der Waals surface area contributed by atoms with E-state index < -0.39 is 0 Å². The van der Waals surface area contributed by atoms with Crippen LogP contribution in [0.3, 0.4) is 0 Å². The minimum atomic E-state index is 0.251. The van der Waals surface area contributed by atoms with Gasteiger partial charge in [0.25, 0.3) is 0 Å². The predicted octanol–water partition coefficient (Wildman–Crippen LogP) is 4.91. The zero-order chi connectivity index (χ0) is 17.1. The van der Waals surface area contributed by atoms with Gasteiger partial charge < -0.3 is 9.15 Å². The lowest BCUT2D eigenvalue weighted by Gasteiger charge is -2.24. The van der Waals surface area contributed by atoms with Crippen molar-refractivity contribution in [3.8, 4) is 17.2 Å². The maximum atomic E-state index is 5.83. The van der Waals surface area contributed by atoms with Gasteiger partial charge >= 0.3 is 0 Å². The molecular weight excluding hydrogens is 320 g/mol. The Labute approximate surface area is 146 Å². The van der Waals surface area contributed by atoms with Crippen molar-refractivity contribution < 1.29 is 9.15 Å². The van der Waals surface area contributed by atoms with Gasteiger partial charge in [-0.1, -0.05) is 12.1 Å². The first-order valence-electron chi connectivity index (χ1n) is 7.91. The highest BCUT2D eigenvalue weighted by atomic mass is 32.1. The Bertz CT molecular complexity index is 796. The second kappa shape index (κ2) is 7.20. The Balaban J connectivity index is 1.75. The molecule has 0 unspecified atom stereocenters. The number of rotatable bonds is 6. The number of aromatic nitrogens is 1. The minimum Gasteiger partial charge on any atom is -0.497 e. The van der Waals surface area contributed by atoms with Gasteiger partial charge in [0.2, 0.25) is 5.89 Å². The third-order valence-electron chi connectivity index (χ3n) is 4.30. The van der Waals surface area contributed by atoms with E-state index in [0.29, 0.717) is 5.89 Å². The number of ether oxygens (including phenoxy) is 1. The Hall–Kier alpha value is -2.11. The van der Waals surface area contributed by atoms with E-state index >= 15 is 0 Å². The SMILES string of the molecule is COc1cccc([C@H](C)N(C)Cc2nc(-c3ccsc3)oc2C)c1. The monoisotopic (exact) mass is 342 g/mol. The smallest absolute Gasteiger partial charge is 0.227 e. The summed E-state index contributed by atoms with van der Waals surface area (Å²) < 4.78 is 11.2. The van der Waals surface area contributed by atoms with Gasteiger partial charge in [-0.05, 0) is 50.0 Å².